The van der Waals surface area contributed by atoms with Gasteiger partial charge in [0, 0.05) is 10.8 Å². The molecule has 68 valence electrons. The van der Waals surface area contributed by atoms with Gasteiger partial charge < -0.3 is 5.21 Å². The number of hydrogen-bond acceptors (Lipinski definition) is 2. The van der Waals surface area contributed by atoms with Crippen LogP contribution in [0, 0.1) is 16.7 Å². The molecule has 2 rings (SSSR count). The highest BCUT2D eigenvalue weighted by Gasteiger charge is 2.57. The average Bonchev–Trinajstić information content (AvgIpc) is 2.39. The van der Waals surface area contributed by atoms with Gasteiger partial charge in [-0.2, -0.15) is 0 Å². The van der Waals surface area contributed by atoms with E-state index in [1.54, 1.807) is 0 Å². The van der Waals surface area contributed by atoms with Crippen molar-refractivity contribution in [2.45, 2.75) is 40.0 Å². The first kappa shape index (κ1) is 8.09. The zero-order valence-corrected chi connectivity index (χ0v) is 8.09. The van der Waals surface area contributed by atoms with Crippen molar-refractivity contribution < 1.29 is 5.21 Å². The summed E-state index contributed by atoms with van der Waals surface area (Å²) >= 11 is 0. The van der Waals surface area contributed by atoms with Crippen LogP contribution in [0.15, 0.2) is 5.16 Å². The minimum absolute atomic E-state index is 0.141. The monoisotopic (exact) mass is 167 g/mol. The van der Waals surface area contributed by atoms with Crippen LogP contribution < -0.4 is 0 Å². The van der Waals surface area contributed by atoms with Gasteiger partial charge in [0.05, 0.1) is 5.71 Å². The number of fused-ring (bicyclic) bond motifs is 2. The highest BCUT2D eigenvalue weighted by molar-refractivity contribution is 5.97. The van der Waals surface area contributed by atoms with E-state index in [1.165, 1.54) is 19.3 Å². The van der Waals surface area contributed by atoms with Crippen LogP contribution in [-0.2, 0) is 0 Å². The van der Waals surface area contributed by atoms with Gasteiger partial charge in [0.1, 0.15) is 0 Å². The summed E-state index contributed by atoms with van der Waals surface area (Å²) in [5, 5.41) is 12.5. The van der Waals surface area contributed by atoms with Crippen molar-refractivity contribution in [3.8, 4) is 0 Å². The summed E-state index contributed by atoms with van der Waals surface area (Å²) in [4.78, 5) is 0. The van der Waals surface area contributed by atoms with Crippen LogP contribution in [0.5, 0.6) is 0 Å². The van der Waals surface area contributed by atoms with E-state index in [9.17, 15) is 0 Å². The molecule has 2 saturated carbocycles. The van der Waals surface area contributed by atoms with E-state index in [4.69, 9.17) is 5.21 Å². The van der Waals surface area contributed by atoms with Gasteiger partial charge in [-0.3, -0.25) is 0 Å². The summed E-state index contributed by atoms with van der Waals surface area (Å²) in [6.07, 6.45) is 3.74. The molecule has 0 aromatic carbocycles. The molecular formula is C10H17NO. The fraction of sp³-hybridized carbons (Fsp3) is 0.900. The molecule has 2 nitrogen and oxygen atoms in total. The van der Waals surface area contributed by atoms with Crippen molar-refractivity contribution in [3.05, 3.63) is 0 Å². The van der Waals surface area contributed by atoms with Crippen molar-refractivity contribution in [1.82, 2.24) is 0 Å². The third kappa shape index (κ3) is 0.732. The fourth-order valence-corrected chi connectivity index (χ4v) is 3.29. The van der Waals surface area contributed by atoms with Crippen LogP contribution in [0.25, 0.3) is 0 Å². The third-order valence-electron chi connectivity index (χ3n) is 4.04. The summed E-state index contributed by atoms with van der Waals surface area (Å²) in [6.45, 7) is 6.64. The van der Waals surface area contributed by atoms with Gasteiger partial charge in [-0.1, -0.05) is 25.9 Å². The van der Waals surface area contributed by atoms with Crippen molar-refractivity contribution in [3.63, 3.8) is 0 Å². The van der Waals surface area contributed by atoms with Gasteiger partial charge in [-0.15, -0.1) is 0 Å². The fourth-order valence-electron chi connectivity index (χ4n) is 3.29. The molecule has 0 radical (unpaired) electrons. The predicted molar refractivity (Wildman–Crippen MR) is 48.5 cm³/mol. The maximum absolute atomic E-state index is 8.98. The highest BCUT2D eigenvalue weighted by atomic mass is 16.4. The summed E-state index contributed by atoms with van der Waals surface area (Å²) in [5.74, 6) is 0.744. The zero-order chi connectivity index (χ0) is 8.98. The van der Waals surface area contributed by atoms with E-state index in [0.29, 0.717) is 0 Å². The molecule has 0 amide bonds. The van der Waals surface area contributed by atoms with Gasteiger partial charge in [0.25, 0.3) is 0 Å². The first-order valence-corrected chi connectivity index (χ1v) is 4.74. The predicted octanol–water partition coefficient (Wildman–Crippen LogP) is 2.66. The second kappa shape index (κ2) is 2.04. The standard InChI is InChI=1S/C10H17NO/c1-9(2)7-4-5-10(3,6-7)8(9)11-12/h7,12H,4-6H2,1-3H3/b11-8+/t7-,10-/m0/s1. The lowest BCUT2D eigenvalue weighted by atomic mass is 9.71. The molecular weight excluding hydrogens is 150 g/mol. The van der Waals surface area contributed by atoms with Crippen molar-refractivity contribution in [2.24, 2.45) is 21.9 Å². The molecule has 2 aliphatic rings. The third-order valence-corrected chi connectivity index (χ3v) is 4.04. The first-order chi connectivity index (χ1) is 5.50. The SMILES string of the molecule is CC1(C)/C(=N\O)[C@@]2(C)CC[C@H]1C2. The number of nitrogens with zero attached hydrogens (tertiary/aromatic N) is 1. The Balaban J connectivity index is 2.45. The van der Waals surface area contributed by atoms with Crippen LogP contribution in [0.1, 0.15) is 40.0 Å². The minimum atomic E-state index is 0.141. The van der Waals surface area contributed by atoms with Gasteiger partial charge >= 0.3 is 0 Å². The zero-order valence-electron chi connectivity index (χ0n) is 8.09. The molecule has 0 aliphatic heterocycles. The topological polar surface area (TPSA) is 32.6 Å². The van der Waals surface area contributed by atoms with Gasteiger partial charge in [0.15, 0.2) is 0 Å². The van der Waals surface area contributed by atoms with Crippen molar-refractivity contribution in [2.75, 3.05) is 0 Å². The Morgan fingerprint density at radius 3 is 2.42 bits per heavy atom. The summed E-state index contributed by atoms with van der Waals surface area (Å²) < 4.78 is 0. The van der Waals surface area contributed by atoms with Crippen LogP contribution in [-0.4, -0.2) is 10.9 Å². The Kier molecular flexibility index (Phi) is 1.37. The van der Waals surface area contributed by atoms with Gasteiger partial charge in [-0.25, -0.2) is 0 Å². The maximum atomic E-state index is 8.98. The van der Waals surface area contributed by atoms with E-state index < -0.39 is 0 Å². The Morgan fingerprint density at radius 2 is 2.08 bits per heavy atom. The smallest absolute Gasteiger partial charge is 0.0688 e. The molecule has 2 atom stereocenters. The highest BCUT2D eigenvalue weighted by Crippen LogP contribution is 2.60. The average molecular weight is 167 g/mol. The summed E-state index contributed by atoms with van der Waals surface area (Å²) in [6, 6.07) is 0. The Hall–Kier alpha value is -0.530. The quantitative estimate of drug-likeness (QED) is 0.436. The maximum Gasteiger partial charge on any atom is 0.0688 e. The molecule has 0 spiro atoms. The van der Waals surface area contributed by atoms with Crippen molar-refractivity contribution >= 4 is 5.71 Å². The van der Waals surface area contributed by atoms with E-state index in [1.807, 2.05) is 0 Å². The molecule has 2 bridgehead atoms. The Bertz CT molecular complexity index is 237. The molecule has 1 N–H and O–H groups in total. The first-order valence-electron chi connectivity index (χ1n) is 4.74. The van der Waals surface area contributed by atoms with E-state index in [0.717, 1.165) is 11.6 Å². The lowest BCUT2D eigenvalue weighted by molar-refractivity contribution is 0.279. The van der Waals surface area contributed by atoms with Gasteiger partial charge in [-0.05, 0) is 25.2 Å². The molecule has 2 fully saturated rings. The van der Waals surface area contributed by atoms with Crippen molar-refractivity contribution in [1.29, 1.82) is 0 Å². The lowest BCUT2D eigenvalue weighted by Gasteiger charge is -2.33. The number of rotatable bonds is 0. The largest absolute Gasteiger partial charge is 0.411 e. The van der Waals surface area contributed by atoms with Crippen LogP contribution in [0.4, 0.5) is 0 Å². The van der Waals surface area contributed by atoms with E-state index in [2.05, 4.69) is 25.9 Å². The minimum Gasteiger partial charge on any atom is -0.411 e. The number of oxime groups is 1. The molecule has 0 heterocycles. The number of hydrogen-bond donors (Lipinski definition) is 1. The molecule has 0 aromatic heterocycles. The Morgan fingerprint density at radius 1 is 1.42 bits per heavy atom. The van der Waals surface area contributed by atoms with Crippen LogP contribution in [0.3, 0.4) is 0 Å². The lowest BCUT2D eigenvalue weighted by Crippen LogP contribution is -2.35. The van der Waals surface area contributed by atoms with E-state index in [-0.39, 0.29) is 10.8 Å². The van der Waals surface area contributed by atoms with E-state index >= 15 is 0 Å². The molecule has 0 saturated heterocycles. The van der Waals surface area contributed by atoms with Gasteiger partial charge in [0.2, 0.25) is 0 Å². The second-order valence-electron chi connectivity index (χ2n) is 5.17. The van der Waals surface area contributed by atoms with Crippen LogP contribution >= 0.6 is 0 Å². The molecule has 2 heteroatoms. The molecule has 0 unspecified atom stereocenters. The normalized spacial score (nSPS) is 47.2. The van der Waals surface area contributed by atoms with Crippen LogP contribution in [0.2, 0.25) is 0 Å². The molecule has 2 aliphatic carbocycles. The Labute approximate surface area is 73.7 Å². The molecule has 12 heavy (non-hydrogen) atoms. The summed E-state index contributed by atoms with van der Waals surface area (Å²) in [7, 11) is 0. The second-order valence-corrected chi connectivity index (χ2v) is 5.17. The summed E-state index contributed by atoms with van der Waals surface area (Å²) in [5.41, 5.74) is 1.39. The molecule has 0 aromatic rings.